The van der Waals surface area contributed by atoms with Crippen molar-refractivity contribution < 1.29 is 14.4 Å². The van der Waals surface area contributed by atoms with Crippen LogP contribution in [0.4, 0.5) is 10.6 Å². The second-order valence-corrected chi connectivity index (χ2v) is 11.1. The predicted octanol–water partition coefficient (Wildman–Crippen LogP) is 0.691. The van der Waals surface area contributed by atoms with Gasteiger partial charge in [-0.25, -0.2) is 21.7 Å². The number of nitrogens with two attached hydrogens (primary N) is 2. The van der Waals surface area contributed by atoms with E-state index in [1.807, 2.05) is 23.1 Å². The van der Waals surface area contributed by atoms with Crippen molar-refractivity contribution in [3.05, 3.63) is 40.3 Å². The average Bonchev–Trinajstić information content (AvgIpc) is 3.51. The van der Waals surface area contributed by atoms with Crippen LogP contribution in [0.3, 0.4) is 0 Å². The Bertz CT molecular complexity index is 1480. The third-order valence-electron chi connectivity index (χ3n) is 7.19. The van der Waals surface area contributed by atoms with Crippen LogP contribution in [0.15, 0.2) is 29.9 Å². The summed E-state index contributed by atoms with van der Waals surface area (Å²) in [5, 5.41) is 6.81. The number of hydrazine groups is 2. The molecule has 0 spiro atoms. The minimum absolute atomic E-state index is 0.0295. The molecule has 12 nitrogen and oxygen atoms in total. The van der Waals surface area contributed by atoms with E-state index in [0.29, 0.717) is 39.2 Å². The number of fused-ring (bicyclic) bond motifs is 1. The zero-order valence-corrected chi connectivity index (χ0v) is 21.9. The molecule has 2 aliphatic heterocycles. The average molecular weight is 533 g/mol. The maximum Gasteiger partial charge on any atom is 0.276 e. The number of thiophene rings is 1. The Morgan fingerprint density at radius 1 is 1.21 bits per heavy atom. The second-order valence-electron chi connectivity index (χ2n) is 10.0. The van der Waals surface area contributed by atoms with Crippen LogP contribution in [-0.4, -0.2) is 93.6 Å². The van der Waals surface area contributed by atoms with Gasteiger partial charge in [-0.2, -0.15) is 9.61 Å². The number of hydrogen-bond acceptors (Lipinski definition) is 10. The highest BCUT2D eigenvalue weighted by Gasteiger charge is 2.34. The van der Waals surface area contributed by atoms with Gasteiger partial charge in [0.15, 0.2) is 11.5 Å². The largest absolute Gasteiger partial charge is 0.337 e. The van der Waals surface area contributed by atoms with E-state index in [0.717, 1.165) is 43.8 Å². The van der Waals surface area contributed by atoms with E-state index in [2.05, 4.69) is 17.0 Å². The van der Waals surface area contributed by atoms with Gasteiger partial charge in [0.1, 0.15) is 5.82 Å². The maximum atomic E-state index is 13.3. The lowest BCUT2D eigenvalue weighted by atomic mass is 9.71. The lowest BCUT2D eigenvalue weighted by Crippen LogP contribution is -2.35. The van der Waals surface area contributed by atoms with Gasteiger partial charge in [0, 0.05) is 37.3 Å². The van der Waals surface area contributed by atoms with Crippen molar-refractivity contribution in [1.29, 1.82) is 0 Å². The van der Waals surface area contributed by atoms with Crippen molar-refractivity contribution in [3.63, 3.8) is 0 Å². The van der Waals surface area contributed by atoms with Crippen LogP contribution in [0.2, 0.25) is 0 Å². The Morgan fingerprint density at radius 3 is 2.76 bits per heavy atom. The fraction of sp³-hybridized carbons (Fsp3) is 0.375. The summed E-state index contributed by atoms with van der Waals surface area (Å²) in [7, 11) is 2.00. The lowest BCUT2D eigenvalue weighted by molar-refractivity contribution is -0.122. The fourth-order valence-electron chi connectivity index (χ4n) is 4.80. The molecule has 1 aliphatic carbocycles. The van der Waals surface area contributed by atoms with Crippen molar-refractivity contribution in [2.24, 2.45) is 11.7 Å². The smallest absolute Gasteiger partial charge is 0.276 e. The molecule has 3 aromatic rings. The Hall–Kier alpha value is -3.59. The minimum Gasteiger partial charge on any atom is -0.337 e. The van der Waals surface area contributed by atoms with Gasteiger partial charge in [0.05, 0.1) is 21.6 Å². The van der Waals surface area contributed by atoms with Gasteiger partial charge >= 0.3 is 0 Å². The zero-order chi connectivity index (χ0) is 26.6. The molecule has 196 valence electrons. The van der Waals surface area contributed by atoms with Gasteiger partial charge in [-0.15, -0.1) is 11.3 Å². The maximum absolute atomic E-state index is 13.3. The van der Waals surface area contributed by atoms with Crippen LogP contribution in [0, 0.1) is 0 Å². The van der Waals surface area contributed by atoms with E-state index >= 15 is 0 Å². The number of rotatable bonds is 5. The SMILES string of the molecule is CN1CCCN(C(=O)c2ccc(-c3cc(N(N)C4CC4)n4ncc(/C=C5\BC(=O)N(N)C5=O)c4n3)s2)CC1. The summed E-state index contributed by atoms with van der Waals surface area (Å²) in [5.41, 5.74) is 2.00. The third-order valence-corrected chi connectivity index (χ3v) is 8.29. The summed E-state index contributed by atoms with van der Waals surface area (Å²) in [6.07, 6.45) is 6.12. The van der Waals surface area contributed by atoms with Crippen LogP contribution in [0.25, 0.3) is 22.3 Å². The van der Waals surface area contributed by atoms with Gasteiger partial charge in [-0.3, -0.25) is 19.4 Å². The molecule has 0 radical (unpaired) electrons. The number of likely N-dealkylation sites (N-methyl/N-ethyl adjacent to an activating group) is 1. The zero-order valence-electron chi connectivity index (χ0n) is 21.0. The Morgan fingerprint density at radius 2 is 2.03 bits per heavy atom. The summed E-state index contributed by atoms with van der Waals surface area (Å²) in [4.78, 5) is 48.0. The predicted molar refractivity (Wildman–Crippen MR) is 146 cm³/mol. The Kier molecular flexibility index (Phi) is 6.26. The molecule has 0 aromatic carbocycles. The number of anilines is 1. The minimum atomic E-state index is -0.537. The fourth-order valence-corrected chi connectivity index (χ4v) is 5.74. The highest BCUT2D eigenvalue weighted by atomic mass is 32.1. The van der Waals surface area contributed by atoms with E-state index in [1.165, 1.54) is 11.3 Å². The molecule has 6 rings (SSSR count). The summed E-state index contributed by atoms with van der Waals surface area (Å²) in [5.74, 6) is 11.7. The van der Waals surface area contributed by atoms with Crippen LogP contribution >= 0.6 is 11.3 Å². The normalized spacial score (nSPS) is 19.9. The highest BCUT2D eigenvalue weighted by Crippen LogP contribution is 2.34. The molecule has 4 N–H and O–H groups in total. The molecule has 3 amide bonds. The van der Waals surface area contributed by atoms with E-state index in [9.17, 15) is 14.4 Å². The van der Waals surface area contributed by atoms with Crippen LogP contribution < -0.4 is 16.7 Å². The Labute approximate surface area is 223 Å². The van der Waals surface area contributed by atoms with Crippen LogP contribution in [-0.2, 0) is 4.79 Å². The number of nitrogens with zero attached hydrogens (tertiary/aromatic N) is 7. The first kappa shape index (κ1) is 24.7. The molecule has 3 aromatic heterocycles. The lowest BCUT2D eigenvalue weighted by Gasteiger charge is -2.20. The molecule has 0 unspecified atom stereocenters. The number of carbonyl (C=O) groups is 3. The van der Waals surface area contributed by atoms with Crippen molar-refractivity contribution in [2.75, 3.05) is 38.2 Å². The first-order chi connectivity index (χ1) is 18.3. The monoisotopic (exact) mass is 533 g/mol. The molecular weight excluding hydrogens is 505 g/mol. The van der Waals surface area contributed by atoms with Gasteiger partial charge in [0.25, 0.3) is 19.1 Å². The van der Waals surface area contributed by atoms with Crippen LogP contribution in [0.5, 0.6) is 0 Å². The molecular formula is C24H28BN9O3S. The van der Waals surface area contributed by atoms with E-state index < -0.39 is 11.7 Å². The topological polar surface area (TPSA) is 146 Å². The number of amides is 3. The number of carbonyl (C=O) groups excluding carboxylic acids is 3. The first-order valence-electron chi connectivity index (χ1n) is 12.6. The molecule has 38 heavy (non-hydrogen) atoms. The summed E-state index contributed by atoms with van der Waals surface area (Å²) < 4.78 is 1.64. The van der Waals surface area contributed by atoms with Gasteiger partial charge in [0.2, 0.25) is 0 Å². The molecule has 5 heterocycles. The second kappa shape index (κ2) is 9.62. The molecule has 0 atom stereocenters. The van der Waals surface area contributed by atoms with Crippen molar-refractivity contribution in [2.45, 2.75) is 25.3 Å². The summed E-state index contributed by atoms with van der Waals surface area (Å²) in [6, 6.07) is 5.84. The molecule has 1 saturated carbocycles. The number of aromatic nitrogens is 3. The van der Waals surface area contributed by atoms with Crippen molar-refractivity contribution >= 4 is 53.8 Å². The highest BCUT2D eigenvalue weighted by molar-refractivity contribution is 7.17. The summed E-state index contributed by atoms with van der Waals surface area (Å²) in [6.45, 7) is 3.28. The van der Waals surface area contributed by atoms with Crippen molar-refractivity contribution in [1.82, 2.24) is 29.4 Å². The van der Waals surface area contributed by atoms with Crippen molar-refractivity contribution in [3.8, 4) is 10.6 Å². The first-order valence-corrected chi connectivity index (χ1v) is 13.4. The number of hydrogen-bond donors (Lipinski definition) is 2. The molecule has 2 saturated heterocycles. The van der Waals surface area contributed by atoms with E-state index in [1.54, 1.807) is 21.8 Å². The van der Waals surface area contributed by atoms with Crippen LogP contribution in [0.1, 0.15) is 34.5 Å². The standard InChI is InChI=1S/C24H28BN9O3S/c1-30-7-2-8-31(10-9-30)23(36)19-6-5-18(38-19)17-12-20(32(26)15-3-4-15)34-21(29-17)14(13-28-34)11-16-22(35)33(27)24(37)25-16/h5-6,11-13,15,25H,2-4,7-10,26-27H2,1H3/b16-11-. The van der Waals surface area contributed by atoms with Gasteiger partial charge in [-0.1, -0.05) is 0 Å². The Balaban J connectivity index is 1.38. The van der Waals surface area contributed by atoms with E-state index in [4.69, 9.17) is 16.7 Å². The molecule has 3 fully saturated rings. The van der Waals surface area contributed by atoms with Gasteiger partial charge < -0.3 is 9.80 Å². The third kappa shape index (κ3) is 4.49. The molecule has 14 heteroatoms. The molecule has 0 bridgehead atoms. The molecule has 3 aliphatic rings. The quantitative estimate of drug-likeness (QED) is 0.159. The number of imide groups is 1. The van der Waals surface area contributed by atoms with E-state index in [-0.39, 0.29) is 24.7 Å². The summed E-state index contributed by atoms with van der Waals surface area (Å²) >= 11 is 1.40. The van der Waals surface area contributed by atoms with Gasteiger partial charge in [-0.05, 0) is 56.5 Å².